The van der Waals surface area contributed by atoms with Crippen LogP contribution in [0.4, 0.5) is 5.69 Å². The fourth-order valence-corrected chi connectivity index (χ4v) is 3.04. The van der Waals surface area contributed by atoms with Crippen molar-refractivity contribution in [1.29, 1.82) is 0 Å². The van der Waals surface area contributed by atoms with Gasteiger partial charge in [-0.1, -0.05) is 22.0 Å². The van der Waals surface area contributed by atoms with Gasteiger partial charge in [0.25, 0.3) is 10.0 Å². The lowest BCUT2D eigenvalue weighted by molar-refractivity contribution is 0.417. The van der Waals surface area contributed by atoms with Crippen LogP contribution in [-0.4, -0.2) is 15.5 Å². The molecule has 1 N–H and O–H groups in total. The van der Waals surface area contributed by atoms with Crippen LogP contribution >= 0.6 is 15.9 Å². The molecule has 0 aliphatic heterocycles. The average molecular weight is 356 g/mol. The lowest BCUT2D eigenvalue weighted by atomic mass is 10.2. The Balaban J connectivity index is 2.37. The third-order valence-corrected chi connectivity index (χ3v) is 4.63. The minimum atomic E-state index is -3.63. The van der Waals surface area contributed by atoms with Crippen molar-refractivity contribution in [3.05, 3.63) is 52.5 Å². The van der Waals surface area contributed by atoms with Crippen LogP contribution in [0.5, 0.6) is 5.75 Å². The van der Waals surface area contributed by atoms with Crippen LogP contribution in [0.15, 0.2) is 51.8 Å². The van der Waals surface area contributed by atoms with E-state index in [-0.39, 0.29) is 4.90 Å². The molecule has 0 aliphatic rings. The van der Waals surface area contributed by atoms with E-state index in [1.54, 1.807) is 24.3 Å². The summed E-state index contributed by atoms with van der Waals surface area (Å²) in [6.07, 6.45) is 0. The number of halogens is 1. The third-order valence-electron chi connectivity index (χ3n) is 2.72. The molecule has 0 heterocycles. The third kappa shape index (κ3) is 3.32. The molecule has 2 rings (SSSR count). The first-order chi connectivity index (χ1) is 9.42. The van der Waals surface area contributed by atoms with Crippen molar-refractivity contribution in [3.8, 4) is 5.75 Å². The predicted molar refractivity (Wildman–Crippen MR) is 82.7 cm³/mol. The van der Waals surface area contributed by atoms with E-state index in [1.165, 1.54) is 19.2 Å². The summed E-state index contributed by atoms with van der Waals surface area (Å²) in [5.74, 6) is 0.483. The lowest BCUT2D eigenvalue weighted by Crippen LogP contribution is -2.13. The Morgan fingerprint density at radius 1 is 1.10 bits per heavy atom. The van der Waals surface area contributed by atoms with Gasteiger partial charge in [0.1, 0.15) is 5.75 Å². The van der Waals surface area contributed by atoms with Gasteiger partial charge in [-0.2, -0.15) is 0 Å². The van der Waals surface area contributed by atoms with Crippen LogP contribution in [-0.2, 0) is 10.0 Å². The number of rotatable bonds is 4. The summed E-state index contributed by atoms with van der Waals surface area (Å²) in [6.45, 7) is 1.89. The molecule has 0 amide bonds. The van der Waals surface area contributed by atoms with Crippen molar-refractivity contribution in [2.75, 3.05) is 11.8 Å². The number of sulfonamides is 1. The Kier molecular flexibility index (Phi) is 4.35. The number of hydrogen-bond acceptors (Lipinski definition) is 3. The Bertz CT molecular complexity index is 712. The van der Waals surface area contributed by atoms with Gasteiger partial charge >= 0.3 is 0 Å². The maximum atomic E-state index is 12.3. The van der Waals surface area contributed by atoms with Crippen LogP contribution in [0.25, 0.3) is 0 Å². The average Bonchev–Trinajstić information content (AvgIpc) is 2.39. The number of hydrogen-bond donors (Lipinski definition) is 1. The van der Waals surface area contributed by atoms with Gasteiger partial charge in [-0.3, -0.25) is 4.72 Å². The predicted octanol–water partition coefficient (Wildman–Crippen LogP) is 3.57. The number of aryl methyl sites for hydroxylation is 1. The quantitative estimate of drug-likeness (QED) is 0.911. The molecule has 2 aromatic carbocycles. The number of nitrogens with one attached hydrogen (secondary N) is 1. The van der Waals surface area contributed by atoms with Crippen LogP contribution in [0, 0.1) is 6.92 Å². The van der Waals surface area contributed by atoms with E-state index < -0.39 is 10.0 Å². The maximum Gasteiger partial charge on any atom is 0.262 e. The van der Waals surface area contributed by atoms with Gasteiger partial charge in [0.15, 0.2) is 0 Å². The van der Waals surface area contributed by atoms with Gasteiger partial charge < -0.3 is 4.74 Å². The standard InChI is InChI=1S/C14H14BrNO3S/c1-10-3-8-14(19-2)13(9-10)16-20(17,18)12-6-4-11(15)5-7-12/h3-9,16H,1-2H3. The molecular weight excluding hydrogens is 342 g/mol. The second-order valence-electron chi connectivity index (χ2n) is 4.26. The highest BCUT2D eigenvalue weighted by atomic mass is 79.9. The fraction of sp³-hybridized carbons (Fsp3) is 0.143. The number of benzene rings is 2. The van der Waals surface area contributed by atoms with Crippen LogP contribution in [0.1, 0.15) is 5.56 Å². The van der Waals surface area contributed by atoms with Crippen molar-refractivity contribution in [2.24, 2.45) is 0 Å². The molecule has 0 saturated carbocycles. The van der Waals surface area contributed by atoms with E-state index in [4.69, 9.17) is 4.74 Å². The zero-order valence-corrected chi connectivity index (χ0v) is 13.5. The second-order valence-corrected chi connectivity index (χ2v) is 6.86. The van der Waals surface area contributed by atoms with Gasteiger partial charge in [0.05, 0.1) is 17.7 Å². The molecule has 106 valence electrons. The topological polar surface area (TPSA) is 55.4 Å². The molecular formula is C14H14BrNO3S. The SMILES string of the molecule is COc1ccc(C)cc1NS(=O)(=O)c1ccc(Br)cc1. The number of anilines is 1. The summed E-state index contributed by atoms with van der Waals surface area (Å²) < 4.78 is 33.2. The minimum Gasteiger partial charge on any atom is -0.495 e. The molecule has 4 nitrogen and oxygen atoms in total. The van der Waals surface area contributed by atoms with E-state index in [0.717, 1.165) is 10.0 Å². The maximum absolute atomic E-state index is 12.3. The van der Waals surface area contributed by atoms with Crippen LogP contribution in [0.2, 0.25) is 0 Å². The van der Waals surface area contributed by atoms with Crippen molar-refractivity contribution in [3.63, 3.8) is 0 Å². The van der Waals surface area contributed by atoms with Gasteiger partial charge in [0, 0.05) is 4.47 Å². The monoisotopic (exact) mass is 355 g/mol. The van der Waals surface area contributed by atoms with Crippen LogP contribution < -0.4 is 9.46 Å². The first kappa shape index (κ1) is 14.9. The molecule has 0 aliphatic carbocycles. The van der Waals surface area contributed by atoms with Crippen molar-refractivity contribution in [2.45, 2.75) is 11.8 Å². The molecule has 6 heteroatoms. The molecule has 0 spiro atoms. The van der Waals surface area contributed by atoms with Crippen LogP contribution in [0.3, 0.4) is 0 Å². The Morgan fingerprint density at radius 2 is 1.75 bits per heavy atom. The first-order valence-electron chi connectivity index (χ1n) is 5.85. The summed E-state index contributed by atoms with van der Waals surface area (Å²) in [5, 5.41) is 0. The van der Waals surface area contributed by atoms with E-state index >= 15 is 0 Å². The highest BCUT2D eigenvalue weighted by molar-refractivity contribution is 9.10. The smallest absolute Gasteiger partial charge is 0.262 e. The molecule has 0 atom stereocenters. The fourth-order valence-electron chi connectivity index (χ4n) is 1.72. The zero-order chi connectivity index (χ0) is 14.8. The van der Waals surface area contributed by atoms with E-state index in [9.17, 15) is 8.42 Å². The lowest BCUT2D eigenvalue weighted by Gasteiger charge is -2.12. The number of methoxy groups -OCH3 is 1. The van der Waals surface area contributed by atoms with Crippen molar-refractivity contribution >= 4 is 31.6 Å². The summed E-state index contributed by atoms with van der Waals surface area (Å²) in [4.78, 5) is 0.198. The van der Waals surface area contributed by atoms with Gasteiger partial charge in [0.2, 0.25) is 0 Å². The van der Waals surface area contributed by atoms with E-state index in [0.29, 0.717) is 11.4 Å². The van der Waals surface area contributed by atoms with Gasteiger partial charge in [-0.25, -0.2) is 8.42 Å². The van der Waals surface area contributed by atoms with Gasteiger partial charge in [-0.15, -0.1) is 0 Å². The first-order valence-corrected chi connectivity index (χ1v) is 8.13. The molecule has 0 bridgehead atoms. The molecule has 20 heavy (non-hydrogen) atoms. The summed E-state index contributed by atoms with van der Waals surface area (Å²) in [7, 11) is -2.13. The highest BCUT2D eigenvalue weighted by Gasteiger charge is 2.16. The minimum absolute atomic E-state index is 0.198. The Morgan fingerprint density at radius 3 is 2.35 bits per heavy atom. The summed E-state index contributed by atoms with van der Waals surface area (Å²) in [6, 6.07) is 11.8. The molecule has 2 aromatic rings. The molecule has 0 radical (unpaired) electrons. The summed E-state index contributed by atoms with van der Waals surface area (Å²) >= 11 is 3.28. The largest absolute Gasteiger partial charge is 0.495 e. The zero-order valence-electron chi connectivity index (χ0n) is 11.1. The van der Waals surface area contributed by atoms with Crippen molar-refractivity contribution in [1.82, 2.24) is 0 Å². The second kappa shape index (κ2) is 5.85. The summed E-state index contributed by atoms with van der Waals surface area (Å²) in [5.41, 5.74) is 1.37. The molecule has 0 saturated heterocycles. The van der Waals surface area contributed by atoms with Gasteiger partial charge in [-0.05, 0) is 48.9 Å². The molecule has 0 fully saturated rings. The highest BCUT2D eigenvalue weighted by Crippen LogP contribution is 2.28. The van der Waals surface area contributed by atoms with Crippen molar-refractivity contribution < 1.29 is 13.2 Å². The molecule has 0 unspecified atom stereocenters. The van der Waals surface area contributed by atoms with E-state index in [2.05, 4.69) is 20.7 Å². The molecule has 0 aromatic heterocycles. The Labute approximate surface area is 127 Å². The normalized spacial score (nSPS) is 11.2. The number of ether oxygens (including phenoxy) is 1. The van der Waals surface area contributed by atoms with E-state index in [1.807, 2.05) is 13.0 Å². The Hall–Kier alpha value is -1.53.